The number of rotatable bonds is 5. The summed E-state index contributed by atoms with van der Waals surface area (Å²) in [7, 11) is 3.52. The van der Waals surface area contributed by atoms with Gasteiger partial charge in [-0.25, -0.2) is 4.31 Å². The number of hydrogen-bond acceptors (Lipinski definition) is 3. The monoisotopic (exact) mass is 299 g/mol. The van der Waals surface area contributed by atoms with Crippen LogP contribution in [0.15, 0.2) is 24.3 Å². The van der Waals surface area contributed by atoms with Gasteiger partial charge in [0.1, 0.15) is 0 Å². The van der Waals surface area contributed by atoms with Gasteiger partial charge in [0.15, 0.2) is 0 Å². The highest BCUT2D eigenvalue weighted by Gasteiger charge is 2.08. The summed E-state index contributed by atoms with van der Waals surface area (Å²) in [5.74, 6) is 0. The second-order valence-electron chi connectivity index (χ2n) is 2.54. The lowest BCUT2D eigenvalue weighted by molar-refractivity contribution is 0.190. The van der Waals surface area contributed by atoms with Crippen LogP contribution in [0.25, 0.3) is 0 Å². The van der Waals surface area contributed by atoms with E-state index in [4.69, 9.17) is 0 Å². The first-order valence-electron chi connectivity index (χ1n) is 3.59. The molecule has 0 spiro atoms. The highest BCUT2D eigenvalue weighted by Crippen LogP contribution is 2.17. The van der Waals surface area contributed by atoms with E-state index in [0.29, 0.717) is 6.54 Å². The van der Waals surface area contributed by atoms with Crippen molar-refractivity contribution >= 4 is 30.3 Å². The molecule has 70 valence electrons. The Morgan fingerprint density at radius 1 is 1.83 bits per heavy atom. The molecule has 0 aromatic rings. The second kappa shape index (κ2) is 6.94. The zero-order chi connectivity index (χ0) is 9.56. The van der Waals surface area contributed by atoms with Gasteiger partial charge in [-0.2, -0.15) is 0 Å². The molecule has 0 bridgehead atoms. The Balaban J connectivity index is 3.94. The maximum Gasteiger partial charge on any atom is 0.0886 e. The Bertz CT molecular complexity index is 172. The van der Waals surface area contributed by atoms with Gasteiger partial charge in [-0.05, 0) is 28.7 Å². The summed E-state index contributed by atoms with van der Waals surface area (Å²) < 4.78 is 1.98. The first kappa shape index (κ1) is 12.5. The summed E-state index contributed by atoms with van der Waals surface area (Å²) in [5.41, 5.74) is 0.947. The minimum absolute atomic E-state index is 0.393. The lowest BCUT2D eigenvalue weighted by Crippen LogP contribution is -2.24. The first-order chi connectivity index (χ1) is 5.61. The summed E-state index contributed by atoms with van der Waals surface area (Å²) in [5, 5.41) is 9.58. The quantitative estimate of drug-likeness (QED) is 0.479. The van der Waals surface area contributed by atoms with Gasteiger partial charge in [0, 0.05) is 27.8 Å². The van der Waals surface area contributed by atoms with Gasteiger partial charge in [-0.3, -0.25) is 0 Å². The second-order valence-corrected chi connectivity index (χ2v) is 4.48. The number of nitrogens with zero attached hydrogens (tertiary/aromatic N) is 1. The molecule has 0 amide bonds. The minimum Gasteiger partial charge on any atom is -0.387 e. The Morgan fingerprint density at radius 3 is 2.83 bits per heavy atom. The third kappa shape index (κ3) is 5.18. The van der Waals surface area contributed by atoms with Crippen LogP contribution in [0, 0.1) is 0 Å². The molecular formula is C8H14INOS. The predicted molar refractivity (Wildman–Crippen MR) is 64.2 cm³/mol. The molecule has 4 heteroatoms. The number of halogens is 1. The van der Waals surface area contributed by atoms with Crippen LogP contribution in [-0.4, -0.2) is 29.1 Å². The van der Waals surface area contributed by atoms with Crippen LogP contribution >= 0.6 is 30.3 Å². The maximum absolute atomic E-state index is 9.58. The molecule has 2 nitrogen and oxygen atoms in total. The molecule has 0 saturated carbocycles. The number of aliphatic hydroxyl groups excluding tert-OH is 1. The highest BCUT2D eigenvalue weighted by atomic mass is 127. The third-order valence-corrected chi connectivity index (χ3v) is 3.86. The van der Waals surface area contributed by atoms with E-state index in [2.05, 4.69) is 27.8 Å². The Labute approximate surface area is 90.4 Å². The Morgan fingerprint density at radius 2 is 2.42 bits per heavy atom. The van der Waals surface area contributed by atoms with Gasteiger partial charge in [-0.15, -0.1) is 0 Å². The zero-order valence-electron chi connectivity index (χ0n) is 7.33. The molecule has 0 radical (unpaired) electrons. The Hall–Kier alpha value is 0.480. The van der Waals surface area contributed by atoms with Gasteiger partial charge >= 0.3 is 0 Å². The number of hydrogen-bond donors (Lipinski definition) is 1. The summed E-state index contributed by atoms with van der Waals surface area (Å²) in [6.07, 6.45) is 3.13. The van der Waals surface area contributed by atoms with Crippen molar-refractivity contribution in [3.05, 3.63) is 24.3 Å². The van der Waals surface area contributed by atoms with Crippen LogP contribution in [0.4, 0.5) is 0 Å². The third-order valence-electron chi connectivity index (χ3n) is 1.45. The molecule has 0 fully saturated rings. The molecule has 0 aliphatic heterocycles. The average molecular weight is 299 g/mol. The van der Waals surface area contributed by atoms with Gasteiger partial charge in [-0.1, -0.05) is 18.7 Å². The maximum atomic E-state index is 9.58. The van der Waals surface area contributed by atoms with E-state index in [-0.39, 0.29) is 0 Å². The lowest BCUT2D eigenvalue weighted by atomic mass is 10.1. The van der Waals surface area contributed by atoms with Crippen LogP contribution in [0.3, 0.4) is 0 Å². The van der Waals surface area contributed by atoms with Crippen LogP contribution in [0.2, 0.25) is 0 Å². The fraction of sp³-hybridized carbons (Fsp3) is 0.500. The predicted octanol–water partition coefficient (Wildman–Crippen LogP) is 2.41. The molecule has 0 heterocycles. The van der Waals surface area contributed by atoms with Gasteiger partial charge in [0.2, 0.25) is 0 Å². The number of allylic oxidation sites excluding steroid dienone is 2. The zero-order valence-corrected chi connectivity index (χ0v) is 10.3. The lowest BCUT2D eigenvalue weighted by Gasteiger charge is -2.16. The van der Waals surface area contributed by atoms with Crippen molar-refractivity contribution < 1.29 is 5.11 Å². The topological polar surface area (TPSA) is 23.5 Å². The molecule has 0 aliphatic carbocycles. The molecule has 0 saturated heterocycles. The highest BCUT2D eigenvalue weighted by molar-refractivity contribution is 14.2. The van der Waals surface area contributed by atoms with Gasteiger partial charge in [0.05, 0.1) is 6.10 Å². The van der Waals surface area contributed by atoms with E-state index in [0.717, 1.165) is 5.57 Å². The fourth-order valence-electron chi connectivity index (χ4n) is 0.713. The van der Waals surface area contributed by atoms with E-state index >= 15 is 0 Å². The number of likely N-dealkylation sites (N-methyl/N-ethyl adjacent to an activating group) is 1. The minimum atomic E-state index is -0.393. The van der Waals surface area contributed by atoms with E-state index in [9.17, 15) is 5.11 Å². The normalized spacial score (nSPS) is 14.9. The van der Waals surface area contributed by atoms with Crippen molar-refractivity contribution in [3.8, 4) is 0 Å². The molecule has 1 unspecified atom stereocenters. The van der Waals surface area contributed by atoms with E-state index in [1.807, 2.05) is 24.4 Å². The van der Waals surface area contributed by atoms with Crippen molar-refractivity contribution in [1.29, 1.82) is 0 Å². The molecule has 1 N–H and O–H groups in total. The summed E-state index contributed by atoms with van der Waals surface area (Å²) in [6.45, 7) is 6.12. The molecule has 0 rings (SSSR count). The molecular weight excluding hydrogens is 285 g/mol. The van der Waals surface area contributed by atoms with Gasteiger partial charge < -0.3 is 5.11 Å². The van der Waals surface area contributed by atoms with Crippen molar-refractivity contribution in [3.63, 3.8) is 0 Å². The molecule has 12 heavy (non-hydrogen) atoms. The standard InChI is InChI=1S/C8H14INOS/c1-4-5-7(2)8(11)6-10(3)12-9/h4-5,8,11H,1,6H2,2-3H3/b7-5+. The largest absolute Gasteiger partial charge is 0.387 e. The van der Waals surface area contributed by atoms with Crippen LogP contribution in [0.5, 0.6) is 0 Å². The van der Waals surface area contributed by atoms with E-state index < -0.39 is 6.10 Å². The number of aliphatic hydroxyl groups is 1. The molecule has 0 aliphatic rings. The molecule has 0 aromatic heterocycles. The summed E-state index contributed by atoms with van der Waals surface area (Å²) in [6, 6.07) is 0. The van der Waals surface area contributed by atoms with Crippen LogP contribution in [0.1, 0.15) is 6.92 Å². The van der Waals surface area contributed by atoms with Crippen LogP contribution < -0.4 is 0 Å². The van der Waals surface area contributed by atoms with Crippen molar-refractivity contribution in [2.75, 3.05) is 13.6 Å². The molecule has 0 aromatic carbocycles. The molecule has 1 atom stereocenters. The van der Waals surface area contributed by atoms with Gasteiger partial charge in [0.25, 0.3) is 0 Å². The Kier molecular flexibility index (Phi) is 7.22. The average Bonchev–Trinajstić information content (AvgIpc) is 2.04. The van der Waals surface area contributed by atoms with Crippen molar-refractivity contribution in [2.24, 2.45) is 0 Å². The smallest absolute Gasteiger partial charge is 0.0886 e. The summed E-state index contributed by atoms with van der Waals surface area (Å²) >= 11 is 2.18. The van der Waals surface area contributed by atoms with Crippen LogP contribution in [-0.2, 0) is 0 Å². The fourth-order valence-corrected chi connectivity index (χ4v) is 1.39. The SMILES string of the molecule is C=C/C=C(\C)C(O)CN(C)SI. The summed E-state index contributed by atoms with van der Waals surface area (Å²) in [4.78, 5) is 0. The van der Waals surface area contributed by atoms with Crippen molar-refractivity contribution in [2.45, 2.75) is 13.0 Å². The first-order valence-corrected chi connectivity index (χ1v) is 6.90. The van der Waals surface area contributed by atoms with Crippen molar-refractivity contribution in [1.82, 2.24) is 4.31 Å². The van der Waals surface area contributed by atoms with E-state index in [1.54, 1.807) is 15.2 Å². The van der Waals surface area contributed by atoms with E-state index in [1.165, 1.54) is 0 Å².